The fourth-order valence-electron chi connectivity index (χ4n) is 4.55. The van der Waals surface area contributed by atoms with Crippen molar-refractivity contribution >= 4 is 5.97 Å². The molecule has 5 heteroatoms. The Kier molecular flexibility index (Phi) is 14.9. The first-order chi connectivity index (χ1) is 16.2. The zero-order valence-electron chi connectivity index (χ0n) is 21.0. The van der Waals surface area contributed by atoms with E-state index in [9.17, 15) is 4.79 Å². The molecule has 2 rings (SSSR count). The minimum atomic E-state index is -0.0250. The highest BCUT2D eigenvalue weighted by atomic mass is 16.7. The number of carbonyl (C=O) groups excluding carboxylic acids is 1. The van der Waals surface area contributed by atoms with Crippen LogP contribution in [-0.2, 0) is 19.0 Å². The van der Waals surface area contributed by atoms with Gasteiger partial charge in [-0.05, 0) is 43.4 Å². The number of unbranched alkanes of at least 4 members (excludes halogenated alkanes) is 8. The Balaban J connectivity index is 1.67. The molecule has 0 aliphatic heterocycles. The fourth-order valence-corrected chi connectivity index (χ4v) is 4.55. The van der Waals surface area contributed by atoms with Gasteiger partial charge in [-0.2, -0.15) is 0 Å². The van der Waals surface area contributed by atoms with Crippen LogP contribution in [0.15, 0.2) is 24.3 Å². The van der Waals surface area contributed by atoms with Crippen molar-refractivity contribution in [2.24, 2.45) is 0 Å². The van der Waals surface area contributed by atoms with E-state index in [1.807, 2.05) is 12.1 Å². The third-order valence-electron chi connectivity index (χ3n) is 6.52. The molecule has 0 radical (unpaired) electrons. The van der Waals surface area contributed by atoms with Crippen LogP contribution in [0.1, 0.15) is 108 Å². The predicted octanol–water partition coefficient (Wildman–Crippen LogP) is 7.18. The lowest BCUT2D eigenvalue weighted by molar-refractivity contribution is -0.151. The van der Waals surface area contributed by atoms with Gasteiger partial charge in [-0.15, -0.1) is 0 Å². The number of ether oxygens (including phenoxy) is 4. The van der Waals surface area contributed by atoms with Crippen LogP contribution in [0.25, 0.3) is 0 Å². The smallest absolute Gasteiger partial charge is 0.306 e. The summed E-state index contributed by atoms with van der Waals surface area (Å²) < 4.78 is 21.9. The topological polar surface area (TPSA) is 54.0 Å². The molecular weight excluding hydrogens is 416 g/mol. The molecule has 5 nitrogen and oxygen atoms in total. The third-order valence-corrected chi connectivity index (χ3v) is 6.52. The maximum atomic E-state index is 12.5. The molecule has 0 aromatic heterocycles. The van der Waals surface area contributed by atoms with Gasteiger partial charge in [0, 0.05) is 19.4 Å². The molecule has 1 aliphatic rings. The van der Waals surface area contributed by atoms with E-state index in [4.69, 9.17) is 18.9 Å². The molecule has 1 aromatic rings. The Labute approximate surface area is 201 Å². The van der Waals surface area contributed by atoms with Crippen molar-refractivity contribution in [3.63, 3.8) is 0 Å². The molecule has 33 heavy (non-hydrogen) atoms. The second-order valence-corrected chi connectivity index (χ2v) is 9.23. The summed E-state index contributed by atoms with van der Waals surface area (Å²) in [5, 5.41) is 0. The fraction of sp³-hybridized carbons (Fsp3) is 0.750. The number of carbonyl (C=O) groups is 1. The van der Waals surface area contributed by atoms with Crippen LogP contribution >= 0.6 is 0 Å². The molecule has 0 spiro atoms. The second kappa shape index (κ2) is 17.8. The van der Waals surface area contributed by atoms with E-state index in [0.29, 0.717) is 19.6 Å². The van der Waals surface area contributed by atoms with Crippen molar-refractivity contribution in [2.75, 3.05) is 27.1 Å². The Morgan fingerprint density at radius 1 is 0.879 bits per heavy atom. The third kappa shape index (κ3) is 11.9. The lowest BCUT2D eigenvalue weighted by atomic mass is 9.81. The molecule has 2 unspecified atom stereocenters. The summed E-state index contributed by atoms with van der Waals surface area (Å²) in [7, 11) is 1.65. The summed E-state index contributed by atoms with van der Waals surface area (Å²) in [5.74, 6) is 1.03. The minimum Gasteiger partial charge on any atom is -0.468 e. The molecule has 1 saturated carbocycles. The SMILES string of the molecule is CCCCCCCCCCCC(=O)OC1CCCCC1c1ccc(OCOCCOC)cc1. The first-order valence-electron chi connectivity index (χ1n) is 13.2. The van der Waals surface area contributed by atoms with Gasteiger partial charge >= 0.3 is 5.97 Å². The summed E-state index contributed by atoms with van der Waals surface area (Å²) in [6, 6.07) is 8.15. The van der Waals surface area contributed by atoms with Crippen LogP contribution in [0.5, 0.6) is 5.75 Å². The average molecular weight is 463 g/mol. The highest BCUT2D eigenvalue weighted by Crippen LogP contribution is 2.36. The standard InChI is InChI=1S/C28H46O5/c1-3-4-5-6-7-8-9-10-11-16-28(29)33-27-15-13-12-14-26(27)24-17-19-25(20-18-24)32-23-31-22-21-30-2/h17-20,26-27H,3-16,21-23H2,1-2H3. The van der Waals surface area contributed by atoms with Gasteiger partial charge in [0.1, 0.15) is 11.9 Å². The van der Waals surface area contributed by atoms with Crippen molar-refractivity contribution in [3.8, 4) is 5.75 Å². The van der Waals surface area contributed by atoms with Gasteiger partial charge in [-0.25, -0.2) is 0 Å². The van der Waals surface area contributed by atoms with Gasteiger partial charge in [0.25, 0.3) is 0 Å². The molecule has 2 atom stereocenters. The molecule has 1 aliphatic carbocycles. The summed E-state index contributed by atoms with van der Waals surface area (Å²) >= 11 is 0. The van der Waals surface area contributed by atoms with Gasteiger partial charge in [0.2, 0.25) is 0 Å². The maximum absolute atomic E-state index is 12.5. The molecule has 1 aromatic carbocycles. The van der Waals surface area contributed by atoms with Gasteiger partial charge in [-0.3, -0.25) is 4.79 Å². The number of hydrogen-bond acceptors (Lipinski definition) is 5. The number of benzene rings is 1. The second-order valence-electron chi connectivity index (χ2n) is 9.23. The van der Waals surface area contributed by atoms with Crippen LogP contribution in [-0.4, -0.2) is 39.2 Å². The van der Waals surface area contributed by atoms with Gasteiger partial charge < -0.3 is 18.9 Å². The number of methoxy groups -OCH3 is 1. The highest BCUT2D eigenvalue weighted by molar-refractivity contribution is 5.69. The molecule has 0 amide bonds. The summed E-state index contributed by atoms with van der Waals surface area (Å²) in [6.07, 6.45) is 16.2. The van der Waals surface area contributed by atoms with E-state index in [0.717, 1.165) is 37.9 Å². The quantitative estimate of drug-likeness (QED) is 0.131. The number of rotatable bonds is 18. The van der Waals surface area contributed by atoms with E-state index in [1.54, 1.807) is 7.11 Å². The Morgan fingerprint density at radius 2 is 1.55 bits per heavy atom. The zero-order chi connectivity index (χ0) is 23.6. The van der Waals surface area contributed by atoms with Crippen LogP contribution < -0.4 is 4.74 Å². The average Bonchev–Trinajstić information content (AvgIpc) is 2.84. The summed E-state index contributed by atoms with van der Waals surface area (Å²) in [5.41, 5.74) is 1.23. The first kappa shape index (κ1) is 27.7. The zero-order valence-corrected chi connectivity index (χ0v) is 21.0. The molecular formula is C28H46O5. The first-order valence-corrected chi connectivity index (χ1v) is 13.2. The highest BCUT2D eigenvalue weighted by Gasteiger charge is 2.29. The number of hydrogen-bond donors (Lipinski definition) is 0. The van der Waals surface area contributed by atoms with Gasteiger partial charge in [-0.1, -0.05) is 76.8 Å². The van der Waals surface area contributed by atoms with Crippen molar-refractivity contribution in [2.45, 2.75) is 109 Å². The molecule has 188 valence electrons. The van der Waals surface area contributed by atoms with Crippen LogP contribution in [0.2, 0.25) is 0 Å². The van der Waals surface area contributed by atoms with Crippen LogP contribution in [0.4, 0.5) is 0 Å². The Hall–Kier alpha value is -1.59. The van der Waals surface area contributed by atoms with Gasteiger partial charge in [0.15, 0.2) is 6.79 Å². The van der Waals surface area contributed by atoms with Crippen molar-refractivity contribution in [1.29, 1.82) is 0 Å². The largest absolute Gasteiger partial charge is 0.468 e. The van der Waals surface area contributed by atoms with Gasteiger partial charge in [0.05, 0.1) is 13.2 Å². The lowest BCUT2D eigenvalue weighted by Crippen LogP contribution is -2.28. The van der Waals surface area contributed by atoms with Crippen molar-refractivity contribution in [1.82, 2.24) is 0 Å². The molecule has 0 heterocycles. The lowest BCUT2D eigenvalue weighted by Gasteiger charge is -2.31. The Morgan fingerprint density at radius 3 is 2.24 bits per heavy atom. The van der Waals surface area contributed by atoms with E-state index < -0.39 is 0 Å². The summed E-state index contributed by atoms with van der Waals surface area (Å²) in [6.45, 7) is 3.54. The predicted molar refractivity (Wildman–Crippen MR) is 133 cm³/mol. The van der Waals surface area contributed by atoms with Crippen LogP contribution in [0.3, 0.4) is 0 Å². The molecule has 1 fully saturated rings. The van der Waals surface area contributed by atoms with Crippen molar-refractivity contribution < 1.29 is 23.7 Å². The van der Waals surface area contributed by atoms with E-state index in [2.05, 4.69) is 19.1 Å². The minimum absolute atomic E-state index is 0.00559. The van der Waals surface area contributed by atoms with Crippen LogP contribution in [0, 0.1) is 0 Å². The monoisotopic (exact) mass is 462 g/mol. The molecule has 0 bridgehead atoms. The Bertz CT molecular complexity index is 615. The normalized spacial score (nSPS) is 18.2. The van der Waals surface area contributed by atoms with Crippen molar-refractivity contribution in [3.05, 3.63) is 29.8 Å². The maximum Gasteiger partial charge on any atom is 0.306 e. The molecule has 0 N–H and O–H groups in total. The van der Waals surface area contributed by atoms with E-state index in [-0.39, 0.29) is 24.8 Å². The summed E-state index contributed by atoms with van der Waals surface area (Å²) in [4.78, 5) is 12.5. The van der Waals surface area contributed by atoms with E-state index in [1.165, 1.54) is 56.9 Å². The number of esters is 1. The molecule has 0 saturated heterocycles. The van der Waals surface area contributed by atoms with E-state index >= 15 is 0 Å².